The summed E-state index contributed by atoms with van der Waals surface area (Å²) in [4.78, 5) is 26.4. The highest BCUT2D eigenvalue weighted by atomic mass is 16.2. The maximum absolute atomic E-state index is 13.3. The second kappa shape index (κ2) is 7.30. The van der Waals surface area contributed by atoms with Crippen molar-refractivity contribution in [3.8, 4) is 0 Å². The molecule has 136 valence electrons. The topological polar surface area (TPSA) is 49.3 Å². The van der Waals surface area contributed by atoms with Crippen molar-refractivity contribution in [1.82, 2.24) is 14.9 Å². The van der Waals surface area contributed by atoms with Gasteiger partial charge in [0.2, 0.25) is 11.9 Å². The fraction of sp³-hybridized carbons (Fsp3) is 0.750. The van der Waals surface area contributed by atoms with Crippen molar-refractivity contribution in [3.05, 3.63) is 18.5 Å². The molecular weight excluding hydrogens is 312 g/mol. The Hall–Kier alpha value is -1.65. The lowest BCUT2D eigenvalue weighted by Crippen LogP contribution is -2.52. The van der Waals surface area contributed by atoms with E-state index in [1.54, 1.807) is 12.4 Å². The molecule has 0 unspecified atom stereocenters. The lowest BCUT2D eigenvalue weighted by molar-refractivity contribution is -0.136. The van der Waals surface area contributed by atoms with E-state index in [2.05, 4.69) is 19.8 Å². The summed E-state index contributed by atoms with van der Waals surface area (Å²) in [6.45, 7) is 2.80. The Morgan fingerprint density at radius 2 is 1.68 bits per heavy atom. The standard InChI is InChI=1S/C20H30N4O/c25-18(17-8-5-15-24(17)19-21-12-7-13-22-19)23-14-6-11-20(16-23)9-3-1-2-4-10-20/h7,12-13,17H,1-6,8-11,14-16H2/t17-/m0/s1. The molecule has 3 aliphatic rings. The van der Waals surface area contributed by atoms with Crippen LogP contribution in [0, 0.1) is 5.41 Å². The first kappa shape index (κ1) is 16.8. The van der Waals surface area contributed by atoms with Crippen molar-refractivity contribution in [2.45, 2.75) is 70.3 Å². The third kappa shape index (κ3) is 3.51. The van der Waals surface area contributed by atoms with Gasteiger partial charge in [0, 0.05) is 32.0 Å². The van der Waals surface area contributed by atoms with Gasteiger partial charge in [0.15, 0.2) is 0 Å². The zero-order valence-corrected chi connectivity index (χ0v) is 15.2. The van der Waals surface area contributed by atoms with E-state index < -0.39 is 0 Å². The molecule has 0 N–H and O–H groups in total. The van der Waals surface area contributed by atoms with E-state index in [9.17, 15) is 4.79 Å². The van der Waals surface area contributed by atoms with Gasteiger partial charge in [-0.05, 0) is 50.0 Å². The van der Waals surface area contributed by atoms with Crippen LogP contribution >= 0.6 is 0 Å². The second-order valence-electron chi connectivity index (χ2n) is 8.18. The average molecular weight is 342 g/mol. The van der Waals surface area contributed by atoms with Crippen molar-refractivity contribution in [1.29, 1.82) is 0 Å². The molecule has 5 heteroatoms. The number of likely N-dealkylation sites (tertiary alicyclic amines) is 1. The van der Waals surface area contributed by atoms with Gasteiger partial charge in [0.25, 0.3) is 0 Å². The zero-order valence-electron chi connectivity index (χ0n) is 15.2. The molecule has 3 heterocycles. The van der Waals surface area contributed by atoms with Gasteiger partial charge in [-0.3, -0.25) is 4.79 Å². The average Bonchev–Trinajstić information content (AvgIpc) is 3.04. The monoisotopic (exact) mass is 342 g/mol. The Labute approximate surface area is 150 Å². The minimum Gasteiger partial charge on any atom is -0.340 e. The number of rotatable bonds is 2. The van der Waals surface area contributed by atoms with Crippen molar-refractivity contribution < 1.29 is 4.79 Å². The summed E-state index contributed by atoms with van der Waals surface area (Å²) in [6, 6.07) is 1.76. The molecule has 1 aromatic heterocycles. The van der Waals surface area contributed by atoms with Crippen LogP contribution in [0.1, 0.15) is 64.2 Å². The molecule has 4 rings (SSSR count). The fourth-order valence-corrected chi connectivity index (χ4v) is 5.20. The summed E-state index contributed by atoms with van der Waals surface area (Å²) in [7, 11) is 0. The molecule has 5 nitrogen and oxygen atoms in total. The molecule has 0 bridgehead atoms. The van der Waals surface area contributed by atoms with Gasteiger partial charge < -0.3 is 9.80 Å². The first-order valence-corrected chi connectivity index (χ1v) is 10.1. The Morgan fingerprint density at radius 3 is 2.44 bits per heavy atom. The quantitative estimate of drug-likeness (QED) is 0.826. The van der Waals surface area contributed by atoms with E-state index in [0.29, 0.717) is 17.3 Å². The molecule has 1 spiro atoms. The van der Waals surface area contributed by atoms with Crippen molar-refractivity contribution in [2.75, 3.05) is 24.5 Å². The van der Waals surface area contributed by atoms with Gasteiger partial charge in [-0.2, -0.15) is 0 Å². The van der Waals surface area contributed by atoms with Crippen molar-refractivity contribution in [3.63, 3.8) is 0 Å². The van der Waals surface area contributed by atoms with Gasteiger partial charge >= 0.3 is 0 Å². The number of aromatic nitrogens is 2. The zero-order chi connectivity index (χ0) is 17.1. The molecule has 25 heavy (non-hydrogen) atoms. The Morgan fingerprint density at radius 1 is 0.960 bits per heavy atom. The molecule has 1 saturated carbocycles. The minimum absolute atomic E-state index is 0.0664. The lowest BCUT2D eigenvalue weighted by Gasteiger charge is -2.44. The fourth-order valence-electron chi connectivity index (χ4n) is 5.20. The van der Waals surface area contributed by atoms with Crippen LogP contribution in [0.5, 0.6) is 0 Å². The summed E-state index contributed by atoms with van der Waals surface area (Å²) in [5, 5.41) is 0. The van der Waals surface area contributed by atoms with Crippen molar-refractivity contribution in [2.24, 2.45) is 5.41 Å². The van der Waals surface area contributed by atoms with E-state index >= 15 is 0 Å². The summed E-state index contributed by atoms with van der Waals surface area (Å²) in [6.07, 6.45) is 16.0. The van der Waals surface area contributed by atoms with Crippen LogP contribution in [0.15, 0.2) is 18.5 Å². The smallest absolute Gasteiger partial charge is 0.245 e. The molecule has 2 aliphatic heterocycles. The molecule has 1 aromatic rings. The van der Waals surface area contributed by atoms with E-state index in [0.717, 1.165) is 32.5 Å². The summed E-state index contributed by atoms with van der Waals surface area (Å²) < 4.78 is 0. The van der Waals surface area contributed by atoms with Crippen LogP contribution in [0.4, 0.5) is 5.95 Å². The lowest BCUT2D eigenvalue weighted by atomic mass is 9.74. The van der Waals surface area contributed by atoms with Gasteiger partial charge in [0.05, 0.1) is 0 Å². The van der Waals surface area contributed by atoms with Crippen LogP contribution in [0.3, 0.4) is 0 Å². The maximum Gasteiger partial charge on any atom is 0.245 e. The molecular formula is C20H30N4O. The Balaban J connectivity index is 1.48. The van der Waals surface area contributed by atoms with Gasteiger partial charge in [-0.1, -0.05) is 25.7 Å². The van der Waals surface area contributed by atoms with Crippen molar-refractivity contribution >= 4 is 11.9 Å². The summed E-state index contributed by atoms with van der Waals surface area (Å²) >= 11 is 0. The number of amides is 1. The first-order valence-electron chi connectivity index (χ1n) is 10.1. The predicted molar refractivity (Wildman–Crippen MR) is 98.3 cm³/mol. The van der Waals surface area contributed by atoms with Crippen LogP contribution in [0.2, 0.25) is 0 Å². The largest absolute Gasteiger partial charge is 0.340 e. The van der Waals surface area contributed by atoms with Crippen LogP contribution in [-0.2, 0) is 4.79 Å². The van der Waals surface area contributed by atoms with E-state index in [-0.39, 0.29) is 6.04 Å². The number of piperidine rings is 1. The number of hydrogen-bond donors (Lipinski definition) is 0. The normalized spacial score (nSPS) is 26.6. The number of anilines is 1. The molecule has 1 aliphatic carbocycles. The third-order valence-corrected chi connectivity index (χ3v) is 6.48. The van der Waals surface area contributed by atoms with Gasteiger partial charge in [-0.15, -0.1) is 0 Å². The highest BCUT2D eigenvalue weighted by Crippen LogP contribution is 2.42. The summed E-state index contributed by atoms with van der Waals surface area (Å²) in [5.41, 5.74) is 0.400. The Kier molecular flexibility index (Phi) is 4.91. The molecule has 0 radical (unpaired) electrons. The van der Waals surface area contributed by atoms with Crippen LogP contribution in [0.25, 0.3) is 0 Å². The maximum atomic E-state index is 13.3. The van der Waals surface area contributed by atoms with E-state index in [4.69, 9.17) is 0 Å². The molecule has 1 atom stereocenters. The minimum atomic E-state index is -0.0664. The molecule has 3 fully saturated rings. The number of carbonyl (C=O) groups is 1. The number of hydrogen-bond acceptors (Lipinski definition) is 4. The van der Waals surface area contributed by atoms with Crippen LogP contribution in [-0.4, -0.2) is 46.5 Å². The number of nitrogens with zero attached hydrogens (tertiary/aromatic N) is 4. The molecule has 2 saturated heterocycles. The molecule has 1 amide bonds. The SMILES string of the molecule is O=C([C@@H]1CCCN1c1ncccn1)N1CCCC2(CCCCCC2)C1. The predicted octanol–water partition coefficient (Wildman–Crippen LogP) is 3.41. The number of carbonyl (C=O) groups excluding carboxylic acids is 1. The highest BCUT2D eigenvalue weighted by Gasteiger charge is 2.41. The van der Waals surface area contributed by atoms with Crippen LogP contribution < -0.4 is 4.90 Å². The molecule has 0 aromatic carbocycles. The second-order valence-corrected chi connectivity index (χ2v) is 8.18. The summed E-state index contributed by atoms with van der Waals surface area (Å²) in [5.74, 6) is 1.02. The van der Waals surface area contributed by atoms with Gasteiger partial charge in [0.1, 0.15) is 6.04 Å². The van der Waals surface area contributed by atoms with Gasteiger partial charge in [-0.25, -0.2) is 9.97 Å². The Bertz CT molecular complexity index is 583. The van der Waals surface area contributed by atoms with E-state index in [1.807, 2.05) is 6.07 Å². The first-order chi connectivity index (χ1) is 12.3. The highest BCUT2D eigenvalue weighted by molar-refractivity contribution is 5.85. The third-order valence-electron chi connectivity index (χ3n) is 6.48. The van der Waals surface area contributed by atoms with E-state index in [1.165, 1.54) is 51.4 Å².